The number of methoxy groups -OCH3 is 3. The van der Waals surface area contributed by atoms with Gasteiger partial charge in [0.25, 0.3) is 0 Å². The van der Waals surface area contributed by atoms with Crippen LogP contribution in [0.1, 0.15) is 11.3 Å². The first-order valence-electron chi connectivity index (χ1n) is 8.58. The molecule has 0 saturated carbocycles. The van der Waals surface area contributed by atoms with Crippen molar-refractivity contribution in [1.82, 2.24) is 4.98 Å². The van der Waals surface area contributed by atoms with E-state index in [4.69, 9.17) is 18.9 Å². The second-order valence-electron chi connectivity index (χ2n) is 5.90. The molecule has 0 aliphatic rings. The molecule has 0 unspecified atom stereocenters. The first-order chi connectivity index (χ1) is 13.6. The summed E-state index contributed by atoms with van der Waals surface area (Å²) in [6, 6.07) is 13.0. The minimum Gasteiger partial charge on any atom is -0.497 e. The molecule has 146 valence electrons. The van der Waals surface area contributed by atoms with Crippen LogP contribution in [0.3, 0.4) is 0 Å². The first kappa shape index (κ1) is 19.7. The van der Waals surface area contributed by atoms with Crippen LogP contribution in [-0.4, -0.2) is 32.3 Å². The molecular formula is C21H21NO5S. The molecule has 0 saturated heterocycles. The molecule has 0 N–H and O–H groups in total. The van der Waals surface area contributed by atoms with Crippen LogP contribution in [-0.2, 0) is 22.6 Å². The van der Waals surface area contributed by atoms with E-state index in [2.05, 4.69) is 4.98 Å². The highest BCUT2D eigenvalue weighted by Crippen LogP contribution is 2.33. The van der Waals surface area contributed by atoms with Gasteiger partial charge in [-0.05, 0) is 35.9 Å². The first-order valence-corrected chi connectivity index (χ1v) is 9.46. The van der Waals surface area contributed by atoms with Gasteiger partial charge in [0.15, 0.2) is 11.5 Å². The summed E-state index contributed by atoms with van der Waals surface area (Å²) < 4.78 is 21.0. The lowest BCUT2D eigenvalue weighted by atomic mass is 10.1. The number of hydrogen-bond donors (Lipinski definition) is 0. The fourth-order valence-electron chi connectivity index (χ4n) is 2.59. The molecule has 0 atom stereocenters. The Morgan fingerprint density at radius 2 is 1.71 bits per heavy atom. The van der Waals surface area contributed by atoms with Crippen LogP contribution in [0.25, 0.3) is 10.6 Å². The molecule has 2 aromatic carbocycles. The molecule has 6 nitrogen and oxygen atoms in total. The third kappa shape index (κ3) is 4.80. The van der Waals surface area contributed by atoms with Crippen LogP contribution < -0.4 is 14.2 Å². The fourth-order valence-corrected chi connectivity index (χ4v) is 3.39. The Kier molecular flexibility index (Phi) is 6.49. The van der Waals surface area contributed by atoms with Crippen molar-refractivity contribution in [3.8, 4) is 27.8 Å². The van der Waals surface area contributed by atoms with E-state index >= 15 is 0 Å². The summed E-state index contributed by atoms with van der Waals surface area (Å²) in [5.41, 5.74) is 2.49. The van der Waals surface area contributed by atoms with Gasteiger partial charge < -0.3 is 18.9 Å². The quantitative estimate of drug-likeness (QED) is 0.531. The monoisotopic (exact) mass is 399 g/mol. The summed E-state index contributed by atoms with van der Waals surface area (Å²) in [5.74, 6) is 1.76. The Balaban J connectivity index is 1.59. The molecule has 1 aromatic heterocycles. The molecule has 0 amide bonds. The number of esters is 1. The van der Waals surface area contributed by atoms with Crippen molar-refractivity contribution >= 4 is 17.3 Å². The highest BCUT2D eigenvalue weighted by atomic mass is 32.1. The average molecular weight is 399 g/mol. The predicted octanol–water partition coefficient (Wildman–Crippen LogP) is 4.12. The van der Waals surface area contributed by atoms with E-state index in [1.54, 1.807) is 21.3 Å². The summed E-state index contributed by atoms with van der Waals surface area (Å²) in [7, 11) is 4.80. The van der Waals surface area contributed by atoms with E-state index in [1.165, 1.54) is 11.3 Å². The molecule has 0 radical (unpaired) electrons. The van der Waals surface area contributed by atoms with E-state index in [-0.39, 0.29) is 19.0 Å². The SMILES string of the molecule is COc1ccc(CC(=O)OCc2csc(-c3ccc(OC)c(OC)c3)n2)cc1. The summed E-state index contributed by atoms with van der Waals surface area (Å²) in [5, 5.41) is 2.70. The standard InChI is InChI=1S/C21H21NO5S/c1-24-17-7-4-14(5-8-17)10-20(23)27-12-16-13-28-21(22-16)15-6-9-18(25-2)19(11-15)26-3/h4-9,11,13H,10,12H2,1-3H3. The molecule has 28 heavy (non-hydrogen) atoms. The van der Waals surface area contributed by atoms with Gasteiger partial charge in [-0.2, -0.15) is 0 Å². The van der Waals surface area contributed by atoms with Crippen LogP contribution in [0, 0.1) is 0 Å². The normalized spacial score (nSPS) is 10.4. The van der Waals surface area contributed by atoms with Crippen molar-refractivity contribution in [3.63, 3.8) is 0 Å². The Bertz CT molecular complexity index is 936. The van der Waals surface area contributed by atoms with Crippen LogP contribution in [0.2, 0.25) is 0 Å². The number of carbonyl (C=O) groups excluding carboxylic acids is 1. The van der Waals surface area contributed by atoms with Gasteiger partial charge >= 0.3 is 5.97 Å². The number of carbonyl (C=O) groups is 1. The molecule has 0 aliphatic heterocycles. The molecule has 0 aliphatic carbocycles. The molecule has 3 rings (SSSR count). The smallest absolute Gasteiger partial charge is 0.310 e. The van der Waals surface area contributed by atoms with Crippen molar-refractivity contribution in [2.24, 2.45) is 0 Å². The minimum absolute atomic E-state index is 0.138. The van der Waals surface area contributed by atoms with Gasteiger partial charge in [0.05, 0.1) is 33.4 Å². The number of thiazole rings is 1. The second-order valence-corrected chi connectivity index (χ2v) is 6.76. The zero-order chi connectivity index (χ0) is 19.9. The maximum Gasteiger partial charge on any atom is 0.310 e. The molecule has 0 bridgehead atoms. The van der Waals surface area contributed by atoms with Crippen LogP contribution in [0.15, 0.2) is 47.8 Å². The lowest BCUT2D eigenvalue weighted by Gasteiger charge is -2.08. The minimum atomic E-state index is -0.300. The van der Waals surface area contributed by atoms with Gasteiger partial charge in [-0.3, -0.25) is 4.79 Å². The van der Waals surface area contributed by atoms with Crippen LogP contribution in [0.4, 0.5) is 0 Å². The lowest BCUT2D eigenvalue weighted by molar-refractivity contribution is -0.144. The molecule has 0 fully saturated rings. The van der Waals surface area contributed by atoms with Gasteiger partial charge in [0.2, 0.25) is 0 Å². The zero-order valence-electron chi connectivity index (χ0n) is 15.9. The third-order valence-corrected chi connectivity index (χ3v) is 5.01. The van der Waals surface area contributed by atoms with Crippen molar-refractivity contribution in [2.75, 3.05) is 21.3 Å². The van der Waals surface area contributed by atoms with Crippen molar-refractivity contribution in [3.05, 3.63) is 59.1 Å². The number of aromatic nitrogens is 1. The Labute approximate surface area is 167 Å². The number of hydrogen-bond acceptors (Lipinski definition) is 7. The van der Waals surface area contributed by atoms with E-state index in [0.717, 1.165) is 21.9 Å². The van der Waals surface area contributed by atoms with Crippen molar-refractivity contribution < 1.29 is 23.7 Å². The van der Waals surface area contributed by atoms with Gasteiger partial charge in [-0.1, -0.05) is 12.1 Å². The Morgan fingerprint density at radius 3 is 2.39 bits per heavy atom. The second kappa shape index (κ2) is 9.23. The lowest BCUT2D eigenvalue weighted by Crippen LogP contribution is -2.08. The van der Waals surface area contributed by atoms with Gasteiger partial charge in [-0.25, -0.2) is 4.98 Å². The van der Waals surface area contributed by atoms with Crippen LogP contribution >= 0.6 is 11.3 Å². The fraction of sp³-hybridized carbons (Fsp3) is 0.238. The summed E-state index contributed by atoms with van der Waals surface area (Å²) >= 11 is 1.48. The molecule has 1 heterocycles. The van der Waals surface area contributed by atoms with Crippen molar-refractivity contribution in [1.29, 1.82) is 0 Å². The van der Waals surface area contributed by atoms with E-state index in [1.807, 2.05) is 47.8 Å². The summed E-state index contributed by atoms with van der Waals surface area (Å²) in [6.07, 6.45) is 0.205. The number of nitrogens with zero attached hydrogens (tertiary/aromatic N) is 1. The average Bonchev–Trinajstić information content (AvgIpc) is 3.21. The largest absolute Gasteiger partial charge is 0.497 e. The molecular weight excluding hydrogens is 378 g/mol. The highest BCUT2D eigenvalue weighted by molar-refractivity contribution is 7.13. The van der Waals surface area contributed by atoms with Gasteiger partial charge in [-0.15, -0.1) is 11.3 Å². The Hall–Kier alpha value is -3.06. The molecule has 0 spiro atoms. The van der Waals surface area contributed by atoms with Crippen LogP contribution in [0.5, 0.6) is 17.2 Å². The Morgan fingerprint density at radius 1 is 0.964 bits per heavy atom. The van der Waals surface area contributed by atoms with E-state index in [0.29, 0.717) is 17.2 Å². The summed E-state index contributed by atoms with van der Waals surface area (Å²) in [6.45, 7) is 0.138. The van der Waals surface area contributed by atoms with E-state index < -0.39 is 0 Å². The predicted molar refractivity (Wildman–Crippen MR) is 107 cm³/mol. The maximum atomic E-state index is 12.1. The topological polar surface area (TPSA) is 66.9 Å². The number of rotatable bonds is 8. The third-order valence-electron chi connectivity index (χ3n) is 4.07. The van der Waals surface area contributed by atoms with Crippen molar-refractivity contribution in [2.45, 2.75) is 13.0 Å². The van der Waals surface area contributed by atoms with Gasteiger partial charge in [0.1, 0.15) is 17.4 Å². The summed E-state index contributed by atoms with van der Waals surface area (Å²) in [4.78, 5) is 16.6. The number of benzene rings is 2. The highest BCUT2D eigenvalue weighted by Gasteiger charge is 2.11. The molecule has 7 heteroatoms. The maximum absolute atomic E-state index is 12.1. The van der Waals surface area contributed by atoms with E-state index in [9.17, 15) is 4.79 Å². The number of ether oxygens (including phenoxy) is 4. The van der Waals surface area contributed by atoms with Gasteiger partial charge in [0, 0.05) is 10.9 Å². The zero-order valence-corrected chi connectivity index (χ0v) is 16.7. The molecule has 3 aromatic rings.